The number of benzene rings is 2. The second-order valence-corrected chi connectivity index (χ2v) is 7.01. The molecule has 0 unspecified atom stereocenters. The summed E-state index contributed by atoms with van der Waals surface area (Å²) in [7, 11) is 4.01. The quantitative estimate of drug-likeness (QED) is 0.722. The highest BCUT2D eigenvalue weighted by Crippen LogP contribution is 2.34. The fourth-order valence-corrected chi connectivity index (χ4v) is 2.97. The summed E-state index contributed by atoms with van der Waals surface area (Å²) in [6, 6.07) is 14.7. The van der Waals surface area contributed by atoms with Crippen LogP contribution in [0.25, 0.3) is 0 Å². The molecule has 2 aromatic rings. The third-order valence-electron chi connectivity index (χ3n) is 4.93. The molecule has 0 aromatic heterocycles. The van der Waals surface area contributed by atoms with E-state index in [0.29, 0.717) is 17.5 Å². The van der Waals surface area contributed by atoms with E-state index in [1.165, 1.54) is 6.07 Å². The number of aryl methyl sites for hydroxylation is 1. The first-order valence-corrected chi connectivity index (χ1v) is 8.28. The topological polar surface area (TPSA) is 20.3 Å². The van der Waals surface area contributed by atoms with E-state index in [2.05, 4.69) is 11.8 Å². The number of hydrogen-bond acceptors (Lipinski definition) is 2. The molecule has 0 spiro atoms. The third kappa shape index (κ3) is 3.73. The summed E-state index contributed by atoms with van der Waals surface area (Å²) < 4.78 is 14.0. The number of rotatable bonds is 6. The van der Waals surface area contributed by atoms with Gasteiger partial charge >= 0.3 is 0 Å². The normalized spacial score (nSPS) is 15.1. The molecule has 24 heavy (non-hydrogen) atoms. The SMILES string of the molecule is Cc1ccc(C(=O)[C@@](C)(C[C@H](C)N(C)C)c2ccccc2)cc1F. The zero-order valence-corrected chi connectivity index (χ0v) is 15.1. The molecule has 0 aliphatic rings. The van der Waals surface area contributed by atoms with Gasteiger partial charge in [0.2, 0.25) is 0 Å². The molecule has 0 amide bonds. The highest BCUT2D eigenvalue weighted by Gasteiger charge is 2.37. The molecule has 2 aromatic carbocycles. The molecule has 2 nitrogen and oxygen atoms in total. The Bertz CT molecular complexity index is 711. The lowest BCUT2D eigenvalue weighted by atomic mass is 9.72. The molecule has 0 radical (unpaired) electrons. The van der Waals surface area contributed by atoms with Crippen LogP contribution in [0.5, 0.6) is 0 Å². The van der Waals surface area contributed by atoms with Crippen LogP contribution in [-0.2, 0) is 5.41 Å². The Labute approximate surface area is 144 Å². The van der Waals surface area contributed by atoms with Gasteiger partial charge in [0.05, 0.1) is 5.41 Å². The van der Waals surface area contributed by atoms with E-state index in [9.17, 15) is 9.18 Å². The minimum absolute atomic E-state index is 0.0405. The van der Waals surface area contributed by atoms with Crippen molar-refractivity contribution in [2.75, 3.05) is 14.1 Å². The Morgan fingerprint density at radius 2 is 1.79 bits per heavy atom. The molecular formula is C21H26FNO. The standard InChI is InChI=1S/C21H26FNO/c1-15-11-12-17(13-19(15)22)20(24)21(3,14-16(2)23(4)5)18-9-7-6-8-10-18/h6-13,16H,14H2,1-5H3/t16-,21-/m0/s1. The van der Waals surface area contributed by atoms with E-state index in [-0.39, 0.29) is 17.6 Å². The van der Waals surface area contributed by atoms with Crippen LogP contribution >= 0.6 is 0 Å². The Morgan fingerprint density at radius 3 is 2.33 bits per heavy atom. The summed E-state index contributed by atoms with van der Waals surface area (Å²) in [6.45, 7) is 5.76. The van der Waals surface area contributed by atoms with Crippen molar-refractivity contribution in [1.29, 1.82) is 0 Å². The maximum atomic E-state index is 14.0. The predicted octanol–water partition coefficient (Wildman–Crippen LogP) is 4.61. The highest BCUT2D eigenvalue weighted by atomic mass is 19.1. The van der Waals surface area contributed by atoms with E-state index in [1.54, 1.807) is 19.1 Å². The zero-order chi connectivity index (χ0) is 17.9. The first kappa shape index (κ1) is 18.3. The number of ketones is 1. The monoisotopic (exact) mass is 327 g/mol. The Hall–Kier alpha value is -2.00. The van der Waals surface area contributed by atoms with Crippen LogP contribution in [0.1, 0.15) is 41.8 Å². The maximum Gasteiger partial charge on any atom is 0.173 e. The molecule has 0 aliphatic heterocycles. The first-order chi connectivity index (χ1) is 11.3. The van der Waals surface area contributed by atoms with Crippen LogP contribution in [0.2, 0.25) is 0 Å². The van der Waals surface area contributed by atoms with Gasteiger partial charge in [-0.25, -0.2) is 4.39 Å². The minimum atomic E-state index is -0.702. The van der Waals surface area contributed by atoms with Gasteiger partial charge in [-0.15, -0.1) is 0 Å². The molecule has 0 fully saturated rings. The molecule has 0 heterocycles. The van der Waals surface area contributed by atoms with Crippen molar-refractivity contribution in [3.63, 3.8) is 0 Å². The highest BCUT2D eigenvalue weighted by molar-refractivity contribution is 6.04. The molecule has 128 valence electrons. The number of nitrogens with zero attached hydrogens (tertiary/aromatic N) is 1. The molecule has 0 bridgehead atoms. The molecule has 0 N–H and O–H groups in total. The third-order valence-corrected chi connectivity index (χ3v) is 4.93. The van der Waals surface area contributed by atoms with Gasteiger partial charge in [0.15, 0.2) is 5.78 Å². The fraction of sp³-hybridized carbons (Fsp3) is 0.381. The van der Waals surface area contributed by atoms with E-state index in [4.69, 9.17) is 0 Å². The van der Waals surface area contributed by atoms with Gasteiger partial charge in [-0.1, -0.05) is 42.5 Å². The molecule has 0 saturated carbocycles. The number of hydrogen-bond donors (Lipinski definition) is 0. The van der Waals surface area contributed by atoms with E-state index < -0.39 is 5.41 Å². The van der Waals surface area contributed by atoms with Gasteiger partial charge < -0.3 is 4.90 Å². The van der Waals surface area contributed by atoms with Crippen LogP contribution in [0, 0.1) is 12.7 Å². The average Bonchev–Trinajstić information content (AvgIpc) is 2.57. The van der Waals surface area contributed by atoms with Crippen LogP contribution in [0.4, 0.5) is 4.39 Å². The molecule has 2 atom stereocenters. The summed E-state index contributed by atoms with van der Waals surface area (Å²) in [5.74, 6) is -0.377. The summed E-state index contributed by atoms with van der Waals surface area (Å²) in [4.78, 5) is 15.4. The lowest BCUT2D eigenvalue weighted by molar-refractivity contribution is 0.0862. The van der Waals surface area contributed by atoms with Gasteiger partial charge in [0.25, 0.3) is 0 Å². The van der Waals surface area contributed by atoms with Gasteiger partial charge in [-0.2, -0.15) is 0 Å². The summed E-state index contributed by atoms with van der Waals surface area (Å²) in [6.07, 6.45) is 0.665. The fourth-order valence-electron chi connectivity index (χ4n) is 2.97. The Morgan fingerprint density at radius 1 is 1.17 bits per heavy atom. The van der Waals surface area contributed by atoms with E-state index >= 15 is 0 Å². The van der Waals surface area contributed by atoms with Gasteiger partial charge in [0, 0.05) is 11.6 Å². The van der Waals surface area contributed by atoms with Crippen molar-refractivity contribution in [2.24, 2.45) is 0 Å². The minimum Gasteiger partial charge on any atom is -0.307 e. The summed E-state index contributed by atoms with van der Waals surface area (Å²) in [5, 5.41) is 0. The van der Waals surface area contributed by atoms with Crippen molar-refractivity contribution < 1.29 is 9.18 Å². The zero-order valence-electron chi connectivity index (χ0n) is 15.1. The first-order valence-electron chi connectivity index (χ1n) is 8.28. The lowest BCUT2D eigenvalue weighted by Crippen LogP contribution is -2.40. The largest absolute Gasteiger partial charge is 0.307 e. The molecule has 3 heteroatoms. The smallest absolute Gasteiger partial charge is 0.173 e. The number of carbonyl (C=O) groups is 1. The van der Waals surface area contributed by atoms with Crippen LogP contribution < -0.4 is 0 Å². The molecule has 2 rings (SSSR count). The van der Waals surface area contributed by atoms with Crippen molar-refractivity contribution in [2.45, 2.75) is 38.6 Å². The van der Waals surface area contributed by atoms with Crippen molar-refractivity contribution in [3.8, 4) is 0 Å². The Kier molecular flexibility index (Phi) is 5.55. The lowest BCUT2D eigenvalue weighted by Gasteiger charge is -2.34. The van der Waals surface area contributed by atoms with E-state index in [0.717, 1.165) is 5.56 Å². The molecule has 0 aliphatic carbocycles. The van der Waals surface area contributed by atoms with E-state index in [1.807, 2.05) is 51.4 Å². The maximum absolute atomic E-state index is 14.0. The van der Waals surface area contributed by atoms with Crippen molar-refractivity contribution in [1.82, 2.24) is 4.90 Å². The van der Waals surface area contributed by atoms with Gasteiger partial charge in [-0.05, 0) is 58.5 Å². The second kappa shape index (κ2) is 7.27. The summed E-state index contributed by atoms with van der Waals surface area (Å²) in [5.41, 5.74) is 1.24. The van der Waals surface area contributed by atoms with Gasteiger partial charge in [0.1, 0.15) is 5.82 Å². The van der Waals surface area contributed by atoms with Crippen molar-refractivity contribution >= 4 is 5.78 Å². The summed E-state index contributed by atoms with van der Waals surface area (Å²) >= 11 is 0. The van der Waals surface area contributed by atoms with Crippen LogP contribution in [0.3, 0.4) is 0 Å². The number of carbonyl (C=O) groups excluding carboxylic acids is 1. The van der Waals surface area contributed by atoms with Crippen molar-refractivity contribution in [3.05, 3.63) is 71.0 Å². The predicted molar refractivity (Wildman–Crippen MR) is 97.0 cm³/mol. The Balaban J connectivity index is 2.48. The number of halogens is 1. The molecular weight excluding hydrogens is 301 g/mol. The van der Waals surface area contributed by atoms with Crippen LogP contribution in [0.15, 0.2) is 48.5 Å². The molecule has 0 saturated heterocycles. The van der Waals surface area contributed by atoms with Gasteiger partial charge in [-0.3, -0.25) is 4.79 Å². The second-order valence-electron chi connectivity index (χ2n) is 7.01. The number of Topliss-reactive ketones (excluding diaryl/α,β-unsaturated/α-hetero) is 1. The average molecular weight is 327 g/mol. The van der Waals surface area contributed by atoms with Crippen LogP contribution in [-0.4, -0.2) is 30.8 Å².